The molecule has 2 rings (SSSR count). The molecule has 0 aliphatic carbocycles. The van der Waals surface area contributed by atoms with Crippen molar-refractivity contribution in [1.29, 1.82) is 0 Å². The molecule has 5 nitrogen and oxygen atoms in total. The average Bonchev–Trinajstić information content (AvgIpc) is 2.54. The van der Waals surface area contributed by atoms with Gasteiger partial charge in [-0.1, -0.05) is 6.42 Å². The van der Waals surface area contributed by atoms with Gasteiger partial charge in [-0.25, -0.2) is 0 Å². The Labute approximate surface area is 106 Å². The number of benzene rings is 1. The number of carbonyl (C=O) groups excluding carboxylic acids is 1. The molecule has 5 heteroatoms. The van der Waals surface area contributed by atoms with E-state index in [-0.39, 0.29) is 11.6 Å². The predicted molar refractivity (Wildman–Crippen MR) is 68.7 cm³/mol. The maximum atomic E-state index is 12.0. The molecule has 1 aliphatic heterocycles. The van der Waals surface area contributed by atoms with E-state index in [1.54, 1.807) is 17.9 Å². The van der Waals surface area contributed by atoms with Gasteiger partial charge in [-0.2, -0.15) is 0 Å². The molecule has 0 aromatic heterocycles. The number of non-ortho nitro benzene ring substituents is 1. The summed E-state index contributed by atoms with van der Waals surface area (Å²) in [5, 5.41) is 10.7. The van der Waals surface area contributed by atoms with Crippen LogP contribution in [-0.4, -0.2) is 17.4 Å². The van der Waals surface area contributed by atoms with Crippen molar-refractivity contribution >= 4 is 17.3 Å². The van der Waals surface area contributed by atoms with Gasteiger partial charge in [-0.05, 0) is 31.4 Å². The van der Waals surface area contributed by atoms with Gasteiger partial charge in [-0.3, -0.25) is 14.9 Å². The van der Waals surface area contributed by atoms with E-state index in [1.165, 1.54) is 12.1 Å². The molecule has 0 radical (unpaired) electrons. The third-order valence-corrected chi connectivity index (χ3v) is 3.26. The number of rotatable bonds is 2. The third kappa shape index (κ3) is 2.50. The van der Waals surface area contributed by atoms with Gasteiger partial charge in [0.25, 0.3) is 5.69 Å². The lowest BCUT2D eigenvalue weighted by Gasteiger charge is -2.22. The van der Waals surface area contributed by atoms with E-state index < -0.39 is 4.92 Å². The fraction of sp³-hybridized carbons (Fsp3) is 0.462. The molecule has 1 fully saturated rings. The molecule has 0 N–H and O–H groups in total. The molecule has 0 atom stereocenters. The second-order valence-electron chi connectivity index (χ2n) is 4.58. The Kier molecular flexibility index (Phi) is 3.60. The van der Waals surface area contributed by atoms with Crippen molar-refractivity contribution in [2.24, 2.45) is 0 Å². The van der Waals surface area contributed by atoms with Gasteiger partial charge in [0, 0.05) is 30.8 Å². The monoisotopic (exact) mass is 248 g/mol. The first kappa shape index (κ1) is 12.5. The van der Waals surface area contributed by atoms with Gasteiger partial charge in [0.15, 0.2) is 0 Å². The second-order valence-corrected chi connectivity index (χ2v) is 4.58. The van der Waals surface area contributed by atoms with Crippen LogP contribution >= 0.6 is 0 Å². The largest absolute Gasteiger partial charge is 0.312 e. The van der Waals surface area contributed by atoms with E-state index >= 15 is 0 Å². The minimum absolute atomic E-state index is 0.0681. The van der Waals surface area contributed by atoms with E-state index in [4.69, 9.17) is 0 Å². The van der Waals surface area contributed by atoms with Crippen LogP contribution in [0.4, 0.5) is 11.4 Å². The fourth-order valence-corrected chi connectivity index (χ4v) is 2.29. The molecule has 0 spiro atoms. The quantitative estimate of drug-likeness (QED) is 0.597. The lowest BCUT2D eigenvalue weighted by atomic mass is 10.1. The van der Waals surface area contributed by atoms with Crippen molar-refractivity contribution in [3.63, 3.8) is 0 Å². The molecular weight excluding hydrogens is 232 g/mol. The van der Waals surface area contributed by atoms with Crippen LogP contribution in [0.15, 0.2) is 18.2 Å². The summed E-state index contributed by atoms with van der Waals surface area (Å²) in [5.41, 5.74) is 1.64. The maximum absolute atomic E-state index is 12.0. The molecule has 0 unspecified atom stereocenters. The molecular formula is C13H16N2O3. The zero-order valence-corrected chi connectivity index (χ0v) is 10.4. The number of hydrogen-bond donors (Lipinski definition) is 0. The summed E-state index contributed by atoms with van der Waals surface area (Å²) < 4.78 is 0. The summed E-state index contributed by atoms with van der Waals surface area (Å²) in [7, 11) is 0. The Morgan fingerprint density at radius 1 is 1.28 bits per heavy atom. The summed E-state index contributed by atoms with van der Waals surface area (Å²) >= 11 is 0. The van der Waals surface area contributed by atoms with Crippen molar-refractivity contribution in [1.82, 2.24) is 0 Å². The zero-order chi connectivity index (χ0) is 13.1. The van der Waals surface area contributed by atoms with Crippen molar-refractivity contribution in [2.45, 2.75) is 32.6 Å². The first-order chi connectivity index (χ1) is 8.59. The third-order valence-electron chi connectivity index (χ3n) is 3.26. The average molecular weight is 248 g/mol. The number of hydrogen-bond acceptors (Lipinski definition) is 3. The highest BCUT2D eigenvalue weighted by Gasteiger charge is 2.20. The summed E-state index contributed by atoms with van der Waals surface area (Å²) in [4.78, 5) is 24.0. The lowest BCUT2D eigenvalue weighted by molar-refractivity contribution is -0.384. The van der Waals surface area contributed by atoms with Crippen molar-refractivity contribution in [3.05, 3.63) is 33.9 Å². The minimum Gasteiger partial charge on any atom is -0.312 e. The summed E-state index contributed by atoms with van der Waals surface area (Å²) in [5.74, 6) is 0.115. The van der Waals surface area contributed by atoms with Gasteiger partial charge in [0.1, 0.15) is 0 Å². The van der Waals surface area contributed by atoms with Crippen LogP contribution in [0.5, 0.6) is 0 Å². The molecule has 18 heavy (non-hydrogen) atoms. The highest BCUT2D eigenvalue weighted by Crippen LogP contribution is 2.27. The molecule has 1 aromatic rings. The first-order valence-electron chi connectivity index (χ1n) is 6.15. The first-order valence-corrected chi connectivity index (χ1v) is 6.15. The van der Waals surface area contributed by atoms with E-state index in [0.29, 0.717) is 13.0 Å². The van der Waals surface area contributed by atoms with Crippen LogP contribution in [0.2, 0.25) is 0 Å². The Balaban J connectivity index is 2.32. The highest BCUT2D eigenvalue weighted by molar-refractivity contribution is 5.94. The maximum Gasteiger partial charge on any atom is 0.269 e. The van der Waals surface area contributed by atoms with E-state index in [9.17, 15) is 14.9 Å². The number of nitrogens with zero attached hydrogens (tertiary/aromatic N) is 2. The van der Waals surface area contributed by atoms with Gasteiger partial charge in [0.2, 0.25) is 5.91 Å². The van der Waals surface area contributed by atoms with Crippen LogP contribution in [-0.2, 0) is 4.79 Å². The zero-order valence-electron chi connectivity index (χ0n) is 10.4. The molecule has 96 valence electrons. The number of carbonyl (C=O) groups is 1. The second kappa shape index (κ2) is 5.16. The standard InChI is InChI=1S/C13H16N2O3/c1-10-9-11(15(17)18)6-7-12(10)14-8-4-2-3-5-13(14)16/h6-7,9H,2-5,8H2,1H3. The van der Waals surface area contributed by atoms with Crippen LogP contribution < -0.4 is 4.90 Å². The van der Waals surface area contributed by atoms with Crippen LogP contribution in [0.1, 0.15) is 31.2 Å². The van der Waals surface area contributed by atoms with Gasteiger partial charge >= 0.3 is 0 Å². The van der Waals surface area contributed by atoms with Gasteiger partial charge in [0.05, 0.1) is 4.92 Å². The Morgan fingerprint density at radius 3 is 2.72 bits per heavy atom. The molecule has 1 aromatic carbocycles. The fourth-order valence-electron chi connectivity index (χ4n) is 2.29. The van der Waals surface area contributed by atoms with E-state index in [1.807, 2.05) is 0 Å². The summed E-state index contributed by atoms with van der Waals surface area (Å²) in [6.45, 7) is 2.51. The van der Waals surface area contributed by atoms with Crippen molar-refractivity contribution < 1.29 is 9.72 Å². The Hall–Kier alpha value is -1.91. The molecule has 1 aliphatic rings. The highest BCUT2D eigenvalue weighted by atomic mass is 16.6. The normalized spacial score (nSPS) is 16.5. The number of anilines is 1. The van der Waals surface area contributed by atoms with Crippen LogP contribution in [0.3, 0.4) is 0 Å². The SMILES string of the molecule is Cc1cc([N+](=O)[O-])ccc1N1CCCCCC1=O. The molecule has 1 heterocycles. The van der Waals surface area contributed by atoms with E-state index in [0.717, 1.165) is 30.5 Å². The molecule has 0 bridgehead atoms. The number of nitro groups is 1. The Bertz CT molecular complexity index is 485. The minimum atomic E-state index is -0.416. The summed E-state index contributed by atoms with van der Waals surface area (Å²) in [6, 6.07) is 4.66. The Morgan fingerprint density at radius 2 is 2.06 bits per heavy atom. The summed E-state index contributed by atoms with van der Waals surface area (Å²) in [6.07, 6.45) is 3.55. The number of aryl methyl sites for hydroxylation is 1. The topological polar surface area (TPSA) is 63.5 Å². The predicted octanol–water partition coefficient (Wildman–Crippen LogP) is 2.81. The van der Waals surface area contributed by atoms with Gasteiger partial charge < -0.3 is 4.90 Å². The van der Waals surface area contributed by atoms with Crippen LogP contribution in [0.25, 0.3) is 0 Å². The van der Waals surface area contributed by atoms with Crippen molar-refractivity contribution in [3.8, 4) is 0 Å². The molecule has 0 saturated carbocycles. The molecule has 1 saturated heterocycles. The number of nitro benzene ring substituents is 1. The van der Waals surface area contributed by atoms with E-state index in [2.05, 4.69) is 0 Å². The van der Waals surface area contributed by atoms with Crippen molar-refractivity contribution in [2.75, 3.05) is 11.4 Å². The number of amides is 1. The molecule has 1 amide bonds. The smallest absolute Gasteiger partial charge is 0.269 e. The van der Waals surface area contributed by atoms with Gasteiger partial charge in [-0.15, -0.1) is 0 Å². The van der Waals surface area contributed by atoms with Crippen LogP contribution in [0, 0.1) is 17.0 Å². The lowest BCUT2D eigenvalue weighted by Crippen LogP contribution is -2.30.